The summed E-state index contributed by atoms with van der Waals surface area (Å²) in [7, 11) is 0. The summed E-state index contributed by atoms with van der Waals surface area (Å²) in [5.74, 6) is -0.120. The van der Waals surface area contributed by atoms with E-state index >= 15 is 0 Å². The third kappa shape index (κ3) is 3.09. The van der Waals surface area contributed by atoms with Gasteiger partial charge in [-0.1, -0.05) is 12.1 Å². The van der Waals surface area contributed by atoms with Crippen LogP contribution in [0.3, 0.4) is 0 Å². The van der Waals surface area contributed by atoms with Gasteiger partial charge in [0.2, 0.25) is 0 Å². The second-order valence-electron chi connectivity index (χ2n) is 4.21. The van der Waals surface area contributed by atoms with Crippen LogP contribution in [-0.2, 0) is 9.53 Å². The topological polar surface area (TPSA) is 80.4 Å². The number of hydrogen-bond acceptors (Lipinski definition) is 4. The van der Waals surface area contributed by atoms with Crippen LogP contribution in [0, 0.1) is 0 Å². The van der Waals surface area contributed by atoms with Gasteiger partial charge in [0.1, 0.15) is 6.04 Å². The molecule has 2 N–H and O–H groups in total. The normalized spacial score (nSPS) is 11.9. The van der Waals surface area contributed by atoms with Crippen molar-refractivity contribution >= 4 is 23.0 Å². The van der Waals surface area contributed by atoms with Crippen molar-refractivity contribution in [2.75, 3.05) is 6.61 Å². The maximum Gasteiger partial charge on any atom is 0.407 e. The Balaban J connectivity index is 2.02. The Hall–Kier alpha value is -2.50. The van der Waals surface area contributed by atoms with Crippen LogP contribution in [0.5, 0.6) is 5.75 Å². The molecule has 0 fully saturated rings. The molecule has 1 aromatic heterocycles. The highest BCUT2D eigenvalue weighted by Gasteiger charge is 2.19. The number of amides is 1. The van der Waals surface area contributed by atoms with Crippen molar-refractivity contribution in [3.63, 3.8) is 0 Å². The van der Waals surface area contributed by atoms with Crippen LogP contribution in [-0.4, -0.2) is 29.7 Å². The molecule has 0 aliphatic heterocycles. The molecule has 0 unspecified atom stereocenters. The molecular formula is C14H16N2O4. The number of hydrogen-bond donors (Lipinski definition) is 2. The number of esters is 1. The molecule has 106 valence electrons. The SMILES string of the molecule is CCOC(=O)N[C@@H](C)C(=O)Oc1c[nH]c2ccccc12. The minimum atomic E-state index is -0.789. The summed E-state index contributed by atoms with van der Waals surface area (Å²) in [6, 6.07) is 6.68. The van der Waals surface area contributed by atoms with Crippen LogP contribution in [0.4, 0.5) is 4.79 Å². The largest absolute Gasteiger partial charge is 0.450 e. The zero-order chi connectivity index (χ0) is 14.5. The minimum Gasteiger partial charge on any atom is -0.450 e. The third-order valence-electron chi connectivity index (χ3n) is 2.73. The molecule has 0 saturated heterocycles. The molecule has 1 atom stereocenters. The summed E-state index contributed by atoms with van der Waals surface area (Å²) in [5, 5.41) is 3.20. The first-order chi connectivity index (χ1) is 9.61. The van der Waals surface area contributed by atoms with Gasteiger partial charge in [0, 0.05) is 17.1 Å². The van der Waals surface area contributed by atoms with Gasteiger partial charge in [-0.2, -0.15) is 0 Å². The molecule has 0 bridgehead atoms. The van der Waals surface area contributed by atoms with E-state index in [-0.39, 0.29) is 6.61 Å². The molecule has 6 heteroatoms. The predicted octanol–water partition coefficient (Wildman–Crippen LogP) is 2.21. The zero-order valence-electron chi connectivity index (χ0n) is 11.3. The van der Waals surface area contributed by atoms with Crippen molar-refractivity contribution in [3.05, 3.63) is 30.5 Å². The molecule has 20 heavy (non-hydrogen) atoms. The molecule has 6 nitrogen and oxygen atoms in total. The summed E-state index contributed by atoms with van der Waals surface area (Å²) < 4.78 is 9.97. The van der Waals surface area contributed by atoms with Crippen LogP contribution in [0.1, 0.15) is 13.8 Å². The van der Waals surface area contributed by atoms with Crippen LogP contribution in [0.25, 0.3) is 10.9 Å². The van der Waals surface area contributed by atoms with E-state index in [1.165, 1.54) is 6.92 Å². The number of fused-ring (bicyclic) bond motifs is 1. The molecule has 0 radical (unpaired) electrons. The van der Waals surface area contributed by atoms with Gasteiger partial charge in [-0.05, 0) is 26.0 Å². The average Bonchev–Trinajstić information content (AvgIpc) is 2.82. The monoisotopic (exact) mass is 276 g/mol. The molecule has 0 aliphatic rings. The Bertz CT molecular complexity index is 620. The molecule has 0 saturated carbocycles. The second-order valence-corrected chi connectivity index (χ2v) is 4.21. The lowest BCUT2D eigenvalue weighted by Gasteiger charge is -2.12. The standard InChI is InChI=1S/C14H16N2O4/c1-3-19-14(18)16-9(2)13(17)20-12-8-15-11-7-5-4-6-10(11)12/h4-9,15H,3H2,1-2H3,(H,16,18)/t9-/m0/s1. The van der Waals surface area contributed by atoms with Gasteiger partial charge in [0.25, 0.3) is 0 Å². The Kier molecular flexibility index (Phi) is 4.24. The molecule has 1 heterocycles. The summed E-state index contributed by atoms with van der Waals surface area (Å²) >= 11 is 0. The lowest BCUT2D eigenvalue weighted by Crippen LogP contribution is -2.41. The number of carbonyl (C=O) groups is 2. The van der Waals surface area contributed by atoms with E-state index < -0.39 is 18.1 Å². The van der Waals surface area contributed by atoms with Gasteiger partial charge in [-0.3, -0.25) is 0 Å². The first kappa shape index (κ1) is 13.9. The van der Waals surface area contributed by atoms with Gasteiger partial charge >= 0.3 is 12.1 Å². The maximum atomic E-state index is 11.9. The lowest BCUT2D eigenvalue weighted by atomic mass is 10.2. The van der Waals surface area contributed by atoms with Gasteiger partial charge in [-0.25, -0.2) is 9.59 Å². The Labute approximate surface area is 116 Å². The smallest absolute Gasteiger partial charge is 0.407 e. The number of rotatable bonds is 4. The fourth-order valence-electron chi connectivity index (χ4n) is 1.73. The van der Waals surface area contributed by atoms with Gasteiger partial charge in [-0.15, -0.1) is 0 Å². The second kappa shape index (κ2) is 6.10. The quantitative estimate of drug-likeness (QED) is 0.839. The van der Waals surface area contributed by atoms with E-state index in [4.69, 9.17) is 9.47 Å². The molecule has 2 aromatic rings. The minimum absolute atomic E-state index is 0.246. The summed E-state index contributed by atoms with van der Waals surface area (Å²) in [6.45, 7) is 3.47. The highest BCUT2D eigenvalue weighted by molar-refractivity contribution is 5.90. The summed E-state index contributed by atoms with van der Waals surface area (Å²) in [6.07, 6.45) is 0.968. The van der Waals surface area contributed by atoms with Crippen molar-refractivity contribution in [2.45, 2.75) is 19.9 Å². The van der Waals surface area contributed by atoms with E-state index in [0.29, 0.717) is 5.75 Å². The molecular weight excluding hydrogens is 260 g/mol. The number of alkyl carbamates (subject to hydrolysis) is 1. The van der Waals surface area contributed by atoms with Crippen LogP contribution < -0.4 is 10.1 Å². The average molecular weight is 276 g/mol. The molecule has 1 amide bonds. The van der Waals surface area contributed by atoms with Crippen molar-refractivity contribution < 1.29 is 19.1 Å². The lowest BCUT2D eigenvalue weighted by molar-refractivity contribution is -0.136. The number of nitrogens with one attached hydrogen (secondary N) is 2. The number of carbonyl (C=O) groups excluding carboxylic acids is 2. The molecule has 0 spiro atoms. The molecule has 0 aliphatic carbocycles. The van der Waals surface area contributed by atoms with Gasteiger partial charge in [0.15, 0.2) is 5.75 Å². The Morgan fingerprint density at radius 3 is 2.85 bits per heavy atom. The van der Waals surface area contributed by atoms with Crippen LogP contribution in [0.2, 0.25) is 0 Å². The first-order valence-corrected chi connectivity index (χ1v) is 6.33. The number of aromatic nitrogens is 1. The van der Waals surface area contributed by atoms with Crippen molar-refractivity contribution in [1.82, 2.24) is 10.3 Å². The Morgan fingerprint density at radius 2 is 2.10 bits per heavy atom. The fourth-order valence-corrected chi connectivity index (χ4v) is 1.73. The third-order valence-corrected chi connectivity index (χ3v) is 2.73. The van der Waals surface area contributed by atoms with Crippen molar-refractivity contribution in [3.8, 4) is 5.75 Å². The first-order valence-electron chi connectivity index (χ1n) is 6.33. The predicted molar refractivity (Wildman–Crippen MR) is 73.6 cm³/mol. The van der Waals surface area contributed by atoms with E-state index in [1.54, 1.807) is 13.1 Å². The van der Waals surface area contributed by atoms with Crippen LogP contribution in [0.15, 0.2) is 30.5 Å². The van der Waals surface area contributed by atoms with E-state index in [2.05, 4.69) is 10.3 Å². The highest BCUT2D eigenvalue weighted by Crippen LogP contribution is 2.25. The number of H-pyrrole nitrogens is 1. The van der Waals surface area contributed by atoms with E-state index in [1.807, 2.05) is 24.3 Å². The van der Waals surface area contributed by atoms with E-state index in [0.717, 1.165) is 10.9 Å². The van der Waals surface area contributed by atoms with Gasteiger partial charge in [0.05, 0.1) is 6.61 Å². The molecule has 1 aromatic carbocycles. The van der Waals surface area contributed by atoms with Gasteiger partial charge < -0.3 is 19.8 Å². The number of para-hydroxylation sites is 1. The van der Waals surface area contributed by atoms with Crippen LogP contribution >= 0.6 is 0 Å². The summed E-state index contributed by atoms with van der Waals surface area (Å²) in [5.41, 5.74) is 0.876. The zero-order valence-corrected chi connectivity index (χ0v) is 11.3. The van der Waals surface area contributed by atoms with Crippen molar-refractivity contribution in [2.24, 2.45) is 0 Å². The van der Waals surface area contributed by atoms with Crippen molar-refractivity contribution in [1.29, 1.82) is 0 Å². The maximum absolute atomic E-state index is 11.9. The summed E-state index contributed by atoms with van der Waals surface area (Å²) in [4.78, 5) is 26.1. The fraction of sp³-hybridized carbons (Fsp3) is 0.286. The highest BCUT2D eigenvalue weighted by atomic mass is 16.6. The number of ether oxygens (including phenoxy) is 2. The Morgan fingerprint density at radius 1 is 1.35 bits per heavy atom. The number of benzene rings is 1. The number of aromatic amines is 1. The van der Waals surface area contributed by atoms with E-state index in [9.17, 15) is 9.59 Å². The molecule has 2 rings (SSSR count).